The molecule has 0 spiro atoms. The maximum atomic E-state index is 11.6. The highest BCUT2D eigenvalue weighted by atomic mass is 16.5. The predicted octanol–water partition coefficient (Wildman–Crippen LogP) is -0.499. The Morgan fingerprint density at radius 2 is 2.00 bits per heavy atom. The maximum Gasteiger partial charge on any atom is 0.405 e. The summed E-state index contributed by atoms with van der Waals surface area (Å²) in [7, 11) is 0. The van der Waals surface area contributed by atoms with E-state index >= 15 is 0 Å². The van der Waals surface area contributed by atoms with Crippen molar-refractivity contribution in [2.75, 3.05) is 26.3 Å². The second kappa shape index (κ2) is 4.80. The van der Waals surface area contributed by atoms with Crippen LogP contribution in [0.3, 0.4) is 0 Å². The van der Waals surface area contributed by atoms with E-state index in [0.717, 1.165) is 0 Å². The Morgan fingerprint density at radius 1 is 1.43 bits per heavy atom. The van der Waals surface area contributed by atoms with Crippen molar-refractivity contribution in [1.82, 2.24) is 10.2 Å². The van der Waals surface area contributed by atoms with Gasteiger partial charge in [0.1, 0.15) is 6.04 Å². The van der Waals surface area contributed by atoms with Gasteiger partial charge in [0.15, 0.2) is 0 Å². The minimum atomic E-state index is -1.18. The van der Waals surface area contributed by atoms with Gasteiger partial charge in [-0.1, -0.05) is 0 Å². The Kier molecular flexibility index (Phi) is 3.70. The van der Waals surface area contributed by atoms with Crippen LogP contribution in [0, 0.1) is 0 Å². The number of ether oxygens (including phenoxy) is 1. The van der Waals surface area contributed by atoms with E-state index in [0.29, 0.717) is 26.3 Å². The van der Waals surface area contributed by atoms with E-state index in [9.17, 15) is 9.59 Å². The van der Waals surface area contributed by atoms with Crippen LogP contribution < -0.4 is 5.32 Å². The number of amides is 2. The van der Waals surface area contributed by atoms with Crippen LogP contribution in [0.15, 0.2) is 0 Å². The van der Waals surface area contributed by atoms with Crippen LogP contribution >= 0.6 is 0 Å². The van der Waals surface area contributed by atoms with Gasteiger partial charge >= 0.3 is 6.09 Å². The van der Waals surface area contributed by atoms with Crippen molar-refractivity contribution in [3.8, 4) is 0 Å². The zero-order valence-electron chi connectivity index (χ0n) is 8.02. The first kappa shape index (κ1) is 10.8. The lowest BCUT2D eigenvalue weighted by Crippen LogP contribution is -2.50. The molecule has 2 amide bonds. The van der Waals surface area contributed by atoms with Crippen molar-refractivity contribution in [2.24, 2.45) is 0 Å². The molecule has 0 radical (unpaired) electrons. The molecule has 1 atom stereocenters. The van der Waals surface area contributed by atoms with E-state index in [1.165, 1.54) is 6.92 Å². The quantitative estimate of drug-likeness (QED) is 0.632. The molecule has 0 bridgehead atoms. The fraction of sp³-hybridized carbons (Fsp3) is 0.750. The lowest BCUT2D eigenvalue weighted by molar-refractivity contribution is -0.136. The molecule has 14 heavy (non-hydrogen) atoms. The minimum Gasteiger partial charge on any atom is -0.465 e. The van der Waals surface area contributed by atoms with Gasteiger partial charge in [-0.15, -0.1) is 0 Å². The number of carbonyl (C=O) groups excluding carboxylic acids is 1. The van der Waals surface area contributed by atoms with E-state index in [2.05, 4.69) is 5.32 Å². The number of carboxylic acid groups (broad SMARTS) is 1. The van der Waals surface area contributed by atoms with Gasteiger partial charge in [-0.25, -0.2) is 4.79 Å². The standard InChI is InChI=1S/C8H14N2O4/c1-6(9-8(12)13)7(11)10-2-4-14-5-3-10/h6,9H,2-5H2,1H3,(H,12,13). The number of rotatable bonds is 2. The zero-order valence-corrected chi connectivity index (χ0v) is 8.02. The highest BCUT2D eigenvalue weighted by Gasteiger charge is 2.23. The van der Waals surface area contributed by atoms with Crippen LogP contribution in [0.4, 0.5) is 4.79 Å². The fourth-order valence-electron chi connectivity index (χ4n) is 1.30. The number of morpholine rings is 1. The second-order valence-corrected chi connectivity index (χ2v) is 3.11. The molecule has 0 saturated carbocycles. The predicted molar refractivity (Wildman–Crippen MR) is 48.0 cm³/mol. The summed E-state index contributed by atoms with van der Waals surface area (Å²) in [5, 5.41) is 10.5. The monoisotopic (exact) mass is 202 g/mol. The number of hydrogen-bond acceptors (Lipinski definition) is 3. The summed E-state index contributed by atoms with van der Waals surface area (Å²) in [5.74, 6) is -0.198. The Morgan fingerprint density at radius 3 is 2.50 bits per heavy atom. The van der Waals surface area contributed by atoms with Gasteiger partial charge < -0.3 is 20.1 Å². The summed E-state index contributed by atoms with van der Waals surface area (Å²) in [5.41, 5.74) is 0. The lowest BCUT2D eigenvalue weighted by Gasteiger charge is -2.29. The van der Waals surface area contributed by atoms with Crippen molar-refractivity contribution in [1.29, 1.82) is 0 Å². The molecule has 1 aliphatic rings. The summed E-state index contributed by atoms with van der Waals surface area (Å²) in [6.07, 6.45) is -1.18. The van der Waals surface area contributed by atoms with Gasteiger partial charge in [-0.3, -0.25) is 4.79 Å². The highest BCUT2D eigenvalue weighted by molar-refractivity contribution is 5.84. The first-order chi connectivity index (χ1) is 6.61. The molecule has 6 nitrogen and oxygen atoms in total. The van der Waals surface area contributed by atoms with E-state index in [1.807, 2.05) is 0 Å². The summed E-state index contributed by atoms with van der Waals surface area (Å²) < 4.78 is 5.08. The summed E-state index contributed by atoms with van der Waals surface area (Å²) in [6.45, 7) is 3.64. The van der Waals surface area contributed by atoms with E-state index < -0.39 is 12.1 Å². The van der Waals surface area contributed by atoms with Crippen LogP contribution in [0.25, 0.3) is 0 Å². The van der Waals surface area contributed by atoms with E-state index in [4.69, 9.17) is 9.84 Å². The molecule has 1 rings (SSSR count). The SMILES string of the molecule is CC(NC(=O)O)C(=O)N1CCOCC1. The fourth-order valence-corrected chi connectivity index (χ4v) is 1.30. The third kappa shape index (κ3) is 2.88. The molecule has 0 aromatic heterocycles. The maximum absolute atomic E-state index is 11.6. The van der Waals surface area contributed by atoms with Crippen LogP contribution in [0.5, 0.6) is 0 Å². The average molecular weight is 202 g/mol. The Labute approximate surface area is 81.8 Å². The normalized spacial score (nSPS) is 18.8. The Hall–Kier alpha value is -1.30. The molecule has 1 saturated heterocycles. The topological polar surface area (TPSA) is 78.9 Å². The van der Waals surface area contributed by atoms with Crippen LogP contribution in [-0.2, 0) is 9.53 Å². The molecule has 0 aromatic carbocycles. The first-order valence-electron chi connectivity index (χ1n) is 4.47. The zero-order chi connectivity index (χ0) is 10.6. The Balaban J connectivity index is 2.42. The smallest absolute Gasteiger partial charge is 0.405 e. The van der Waals surface area contributed by atoms with Crippen LogP contribution in [0.2, 0.25) is 0 Å². The number of carbonyl (C=O) groups is 2. The van der Waals surface area contributed by atoms with E-state index in [-0.39, 0.29) is 5.91 Å². The highest BCUT2D eigenvalue weighted by Crippen LogP contribution is 2.00. The molecule has 2 N–H and O–H groups in total. The largest absolute Gasteiger partial charge is 0.465 e. The molecule has 1 heterocycles. The van der Waals surface area contributed by atoms with Crippen molar-refractivity contribution in [3.63, 3.8) is 0 Å². The van der Waals surface area contributed by atoms with Crippen molar-refractivity contribution in [3.05, 3.63) is 0 Å². The van der Waals surface area contributed by atoms with Crippen molar-refractivity contribution in [2.45, 2.75) is 13.0 Å². The number of nitrogens with zero attached hydrogens (tertiary/aromatic N) is 1. The molecule has 6 heteroatoms. The second-order valence-electron chi connectivity index (χ2n) is 3.11. The summed E-state index contributed by atoms with van der Waals surface area (Å²) >= 11 is 0. The van der Waals surface area contributed by atoms with Gasteiger partial charge in [-0.05, 0) is 6.92 Å². The molecule has 1 unspecified atom stereocenters. The molecule has 80 valence electrons. The molecular weight excluding hydrogens is 188 g/mol. The summed E-state index contributed by atoms with van der Waals surface area (Å²) in [6, 6.07) is -0.689. The number of hydrogen-bond donors (Lipinski definition) is 2. The third-order valence-electron chi connectivity index (χ3n) is 2.03. The van der Waals surface area contributed by atoms with Crippen LogP contribution in [-0.4, -0.2) is 54.4 Å². The van der Waals surface area contributed by atoms with Gasteiger partial charge in [0, 0.05) is 13.1 Å². The first-order valence-corrected chi connectivity index (χ1v) is 4.47. The molecule has 0 aromatic rings. The number of nitrogens with one attached hydrogen (secondary N) is 1. The molecule has 1 fully saturated rings. The molecule has 0 aliphatic carbocycles. The average Bonchev–Trinajstić information content (AvgIpc) is 2.17. The molecular formula is C8H14N2O4. The molecule has 1 aliphatic heterocycles. The van der Waals surface area contributed by atoms with Crippen molar-refractivity contribution >= 4 is 12.0 Å². The lowest BCUT2D eigenvalue weighted by atomic mass is 10.2. The summed E-state index contributed by atoms with van der Waals surface area (Å²) in [4.78, 5) is 23.5. The van der Waals surface area contributed by atoms with Crippen LogP contribution in [0.1, 0.15) is 6.92 Å². The van der Waals surface area contributed by atoms with Gasteiger partial charge in [0.05, 0.1) is 13.2 Å². The third-order valence-corrected chi connectivity index (χ3v) is 2.03. The van der Waals surface area contributed by atoms with Crippen molar-refractivity contribution < 1.29 is 19.4 Å². The Bertz CT molecular complexity index is 225. The van der Waals surface area contributed by atoms with Gasteiger partial charge in [-0.2, -0.15) is 0 Å². The van der Waals surface area contributed by atoms with E-state index in [1.54, 1.807) is 4.90 Å². The minimum absolute atomic E-state index is 0.198. The van der Waals surface area contributed by atoms with Gasteiger partial charge in [0.2, 0.25) is 5.91 Å². The van der Waals surface area contributed by atoms with Gasteiger partial charge in [0.25, 0.3) is 0 Å².